The number of benzene rings is 1. The van der Waals surface area contributed by atoms with E-state index in [1.54, 1.807) is 11.3 Å². The van der Waals surface area contributed by atoms with Crippen molar-refractivity contribution >= 4 is 27.2 Å². The number of nitrogen functional groups attached to an aromatic ring is 1. The van der Waals surface area contributed by atoms with Crippen LogP contribution in [0.4, 0.5) is 5.69 Å². The maximum absolute atomic E-state index is 5.93. The summed E-state index contributed by atoms with van der Waals surface area (Å²) in [5.74, 6) is 1.30. The van der Waals surface area contributed by atoms with Gasteiger partial charge in [-0.3, -0.25) is 0 Å². The SMILES string of the molecule is Cc1cc(C)c(Oc2ncnc3sccc23)cc1N. The first-order chi connectivity index (χ1) is 9.15. The van der Waals surface area contributed by atoms with Gasteiger partial charge in [-0.1, -0.05) is 6.07 Å². The van der Waals surface area contributed by atoms with E-state index in [0.717, 1.165) is 32.8 Å². The number of hydrogen-bond acceptors (Lipinski definition) is 5. The number of ether oxygens (including phenoxy) is 1. The van der Waals surface area contributed by atoms with E-state index in [4.69, 9.17) is 10.5 Å². The number of fused-ring (bicyclic) bond motifs is 1. The fraction of sp³-hybridized carbons (Fsp3) is 0.143. The summed E-state index contributed by atoms with van der Waals surface area (Å²) in [6.07, 6.45) is 1.51. The molecular formula is C14H13N3OS. The van der Waals surface area contributed by atoms with E-state index in [-0.39, 0.29) is 0 Å². The van der Waals surface area contributed by atoms with E-state index in [1.165, 1.54) is 6.33 Å². The first-order valence-corrected chi connectivity index (χ1v) is 6.76. The molecule has 4 nitrogen and oxygen atoms in total. The Hall–Kier alpha value is -2.14. The summed E-state index contributed by atoms with van der Waals surface area (Å²) in [5.41, 5.74) is 8.73. The molecule has 0 aliphatic carbocycles. The molecule has 0 aliphatic heterocycles. The van der Waals surface area contributed by atoms with Crippen LogP contribution in [-0.2, 0) is 0 Å². The molecule has 0 aliphatic rings. The van der Waals surface area contributed by atoms with E-state index in [0.29, 0.717) is 5.88 Å². The number of aromatic nitrogens is 2. The molecule has 2 aromatic heterocycles. The Kier molecular flexibility index (Phi) is 2.83. The van der Waals surface area contributed by atoms with Crippen LogP contribution in [0.1, 0.15) is 11.1 Å². The number of aryl methyl sites for hydroxylation is 2. The van der Waals surface area contributed by atoms with Crippen LogP contribution in [-0.4, -0.2) is 9.97 Å². The van der Waals surface area contributed by atoms with Gasteiger partial charge < -0.3 is 10.5 Å². The van der Waals surface area contributed by atoms with Crippen molar-refractivity contribution in [3.8, 4) is 11.6 Å². The van der Waals surface area contributed by atoms with Crippen LogP contribution in [0.25, 0.3) is 10.2 Å². The van der Waals surface area contributed by atoms with Crippen molar-refractivity contribution in [2.24, 2.45) is 0 Å². The van der Waals surface area contributed by atoms with Crippen molar-refractivity contribution < 1.29 is 4.74 Å². The van der Waals surface area contributed by atoms with Crippen LogP contribution < -0.4 is 10.5 Å². The zero-order valence-corrected chi connectivity index (χ0v) is 11.5. The van der Waals surface area contributed by atoms with Gasteiger partial charge in [-0.05, 0) is 36.4 Å². The molecule has 96 valence electrons. The molecule has 3 rings (SSSR count). The number of nitrogens with zero attached hydrogens (tertiary/aromatic N) is 2. The minimum absolute atomic E-state index is 0.567. The second-order valence-corrected chi connectivity index (χ2v) is 5.29. The fourth-order valence-corrected chi connectivity index (χ4v) is 2.63. The average Bonchev–Trinajstić information content (AvgIpc) is 2.85. The molecule has 0 amide bonds. The van der Waals surface area contributed by atoms with Crippen molar-refractivity contribution in [2.75, 3.05) is 5.73 Å². The molecule has 1 aromatic carbocycles. The predicted molar refractivity (Wildman–Crippen MR) is 77.8 cm³/mol. The quantitative estimate of drug-likeness (QED) is 0.722. The van der Waals surface area contributed by atoms with Crippen LogP contribution in [0.15, 0.2) is 29.9 Å². The Morgan fingerprint density at radius 3 is 2.84 bits per heavy atom. The molecule has 0 atom stereocenters. The van der Waals surface area contributed by atoms with Crippen molar-refractivity contribution in [1.29, 1.82) is 0 Å². The van der Waals surface area contributed by atoms with Crippen LogP contribution in [0.5, 0.6) is 11.6 Å². The summed E-state index contributed by atoms with van der Waals surface area (Å²) in [6.45, 7) is 3.97. The zero-order valence-electron chi connectivity index (χ0n) is 10.7. The molecule has 0 spiro atoms. The van der Waals surface area contributed by atoms with Gasteiger partial charge in [-0.25, -0.2) is 9.97 Å². The molecular weight excluding hydrogens is 258 g/mol. The monoisotopic (exact) mass is 271 g/mol. The molecule has 5 heteroatoms. The van der Waals surface area contributed by atoms with Crippen molar-refractivity contribution in [2.45, 2.75) is 13.8 Å². The Morgan fingerprint density at radius 2 is 2.00 bits per heavy atom. The molecule has 19 heavy (non-hydrogen) atoms. The van der Waals surface area contributed by atoms with Crippen LogP contribution in [0.3, 0.4) is 0 Å². The summed E-state index contributed by atoms with van der Waals surface area (Å²) in [7, 11) is 0. The van der Waals surface area contributed by atoms with Gasteiger partial charge in [0.2, 0.25) is 5.88 Å². The average molecular weight is 271 g/mol. The summed E-state index contributed by atoms with van der Waals surface area (Å²) in [6, 6.07) is 5.81. The molecule has 0 saturated carbocycles. The first kappa shape index (κ1) is 11.9. The Bertz CT molecular complexity index is 752. The number of anilines is 1. The van der Waals surface area contributed by atoms with E-state index in [1.807, 2.05) is 37.4 Å². The van der Waals surface area contributed by atoms with Gasteiger partial charge in [0.25, 0.3) is 0 Å². The third-order valence-corrected chi connectivity index (χ3v) is 3.82. The molecule has 2 heterocycles. The Labute approximate surface area is 114 Å². The highest BCUT2D eigenvalue weighted by Gasteiger charge is 2.10. The van der Waals surface area contributed by atoms with E-state index < -0.39 is 0 Å². The third-order valence-electron chi connectivity index (χ3n) is 3.00. The van der Waals surface area contributed by atoms with Gasteiger partial charge in [-0.2, -0.15) is 0 Å². The highest BCUT2D eigenvalue weighted by atomic mass is 32.1. The Morgan fingerprint density at radius 1 is 1.16 bits per heavy atom. The van der Waals surface area contributed by atoms with Gasteiger partial charge in [-0.15, -0.1) is 11.3 Å². The van der Waals surface area contributed by atoms with Crippen molar-refractivity contribution in [3.05, 3.63) is 41.0 Å². The maximum Gasteiger partial charge on any atom is 0.231 e. The number of nitrogens with two attached hydrogens (primary N) is 1. The second-order valence-electron chi connectivity index (χ2n) is 4.39. The van der Waals surface area contributed by atoms with Crippen LogP contribution in [0, 0.1) is 13.8 Å². The topological polar surface area (TPSA) is 61.0 Å². The first-order valence-electron chi connectivity index (χ1n) is 5.88. The van der Waals surface area contributed by atoms with Gasteiger partial charge in [0.05, 0.1) is 5.39 Å². The summed E-state index contributed by atoms with van der Waals surface area (Å²) < 4.78 is 5.89. The minimum Gasteiger partial charge on any atom is -0.438 e. The highest BCUT2D eigenvalue weighted by molar-refractivity contribution is 7.16. The lowest BCUT2D eigenvalue weighted by molar-refractivity contribution is 0.465. The minimum atomic E-state index is 0.567. The van der Waals surface area contributed by atoms with E-state index in [2.05, 4.69) is 9.97 Å². The van der Waals surface area contributed by atoms with Gasteiger partial charge in [0.1, 0.15) is 16.9 Å². The molecule has 2 N–H and O–H groups in total. The molecule has 0 fully saturated rings. The molecule has 0 saturated heterocycles. The smallest absolute Gasteiger partial charge is 0.231 e. The molecule has 0 bridgehead atoms. The Balaban J connectivity index is 2.06. The lowest BCUT2D eigenvalue weighted by Crippen LogP contribution is -1.95. The van der Waals surface area contributed by atoms with E-state index in [9.17, 15) is 0 Å². The maximum atomic E-state index is 5.93. The van der Waals surface area contributed by atoms with Crippen LogP contribution >= 0.6 is 11.3 Å². The van der Waals surface area contributed by atoms with Crippen LogP contribution in [0.2, 0.25) is 0 Å². The number of rotatable bonds is 2. The largest absolute Gasteiger partial charge is 0.438 e. The lowest BCUT2D eigenvalue weighted by atomic mass is 10.1. The fourth-order valence-electron chi connectivity index (χ4n) is 1.91. The summed E-state index contributed by atoms with van der Waals surface area (Å²) in [5, 5.41) is 2.90. The molecule has 3 aromatic rings. The van der Waals surface area contributed by atoms with E-state index >= 15 is 0 Å². The summed E-state index contributed by atoms with van der Waals surface area (Å²) in [4.78, 5) is 9.32. The van der Waals surface area contributed by atoms with Crippen molar-refractivity contribution in [1.82, 2.24) is 9.97 Å². The number of hydrogen-bond donors (Lipinski definition) is 1. The van der Waals surface area contributed by atoms with Gasteiger partial charge in [0, 0.05) is 11.8 Å². The third kappa shape index (κ3) is 2.13. The highest BCUT2D eigenvalue weighted by Crippen LogP contribution is 2.32. The second kappa shape index (κ2) is 4.51. The van der Waals surface area contributed by atoms with Gasteiger partial charge >= 0.3 is 0 Å². The molecule has 0 unspecified atom stereocenters. The van der Waals surface area contributed by atoms with Gasteiger partial charge in [0.15, 0.2) is 0 Å². The summed E-state index contributed by atoms with van der Waals surface area (Å²) >= 11 is 1.57. The number of thiophene rings is 1. The lowest BCUT2D eigenvalue weighted by Gasteiger charge is -2.10. The predicted octanol–water partition coefficient (Wildman–Crippen LogP) is 3.68. The van der Waals surface area contributed by atoms with Crippen molar-refractivity contribution in [3.63, 3.8) is 0 Å². The normalized spacial score (nSPS) is 10.8. The molecule has 0 radical (unpaired) electrons. The zero-order chi connectivity index (χ0) is 13.4. The standard InChI is InChI=1S/C14H13N3OS/c1-8-5-9(2)12(6-11(8)15)18-13-10-3-4-19-14(10)17-7-16-13/h3-7H,15H2,1-2H3.